The van der Waals surface area contributed by atoms with E-state index in [4.69, 9.17) is 14.0 Å². The number of nitrogens with zero attached hydrogens (tertiary/aromatic N) is 1. The molecular formula is C14H16FN3O6. The number of hydrogen-bond acceptors (Lipinski definition) is 7. The fourth-order valence-corrected chi connectivity index (χ4v) is 1.72. The summed E-state index contributed by atoms with van der Waals surface area (Å²) in [5.74, 6) is -2.76. The summed E-state index contributed by atoms with van der Waals surface area (Å²) in [5.41, 5.74) is -3.27. The number of urea groups is 1. The van der Waals surface area contributed by atoms with Gasteiger partial charge in [0, 0.05) is 0 Å². The number of carbonyl (C=O) groups is 3. The number of ether oxygens (including phenoxy) is 1. The molecule has 10 heteroatoms. The number of alkyl halides is 1. The molecule has 0 aromatic carbocycles. The number of oxime groups is 1. The fraction of sp³-hybridized carbons (Fsp3) is 0.429. The molecule has 1 aromatic rings. The summed E-state index contributed by atoms with van der Waals surface area (Å²) >= 11 is 0. The number of esters is 1. The van der Waals surface area contributed by atoms with Crippen LogP contribution in [0.25, 0.3) is 0 Å². The third-order valence-electron chi connectivity index (χ3n) is 2.92. The van der Waals surface area contributed by atoms with E-state index < -0.39 is 29.8 Å². The molecule has 1 aromatic heterocycles. The Bertz CT molecular complexity index is 645. The molecule has 2 rings (SSSR count). The summed E-state index contributed by atoms with van der Waals surface area (Å²) in [6.45, 7) is 3.37. The Hall–Kier alpha value is -2.91. The molecule has 9 nitrogen and oxygen atoms in total. The van der Waals surface area contributed by atoms with E-state index in [1.165, 1.54) is 6.26 Å². The molecule has 1 aliphatic heterocycles. The largest absolute Gasteiger partial charge is 0.463 e. The van der Waals surface area contributed by atoms with Crippen LogP contribution < -0.4 is 10.6 Å². The molecule has 24 heavy (non-hydrogen) atoms. The van der Waals surface area contributed by atoms with Crippen molar-refractivity contribution in [2.45, 2.75) is 25.7 Å². The Morgan fingerprint density at radius 1 is 1.54 bits per heavy atom. The van der Waals surface area contributed by atoms with Gasteiger partial charge >= 0.3 is 17.7 Å². The van der Waals surface area contributed by atoms with Crippen molar-refractivity contribution in [3.05, 3.63) is 24.2 Å². The molecule has 130 valence electrons. The van der Waals surface area contributed by atoms with Crippen LogP contribution in [0.1, 0.15) is 19.6 Å². The lowest BCUT2D eigenvalue weighted by Gasteiger charge is -2.32. The van der Waals surface area contributed by atoms with Crippen LogP contribution in [0.15, 0.2) is 28.0 Å². The van der Waals surface area contributed by atoms with E-state index in [0.717, 1.165) is 6.21 Å². The maximum absolute atomic E-state index is 15.0. The predicted molar refractivity (Wildman–Crippen MR) is 77.5 cm³/mol. The van der Waals surface area contributed by atoms with E-state index in [1.807, 2.05) is 5.32 Å². The van der Waals surface area contributed by atoms with E-state index in [0.29, 0.717) is 0 Å². The van der Waals surface area contributed by atoms with Crippen LogP contribution in [0.5, 0.6) is 0 Å². The molecular weight excluding hydrogens is 325 g/mol. The molecule has 0 saturated carbocycles. The standard InChI is InChI=1S/C14H16FN3O6/c1-8(2)7-23-12(20)14(15)10(19)17-13(21)18-11(14)24-16-6-9-4-3-5-22-9/h3-6,8,11H,7H2,1-2H3,(H2,17,18,19,21)/b16-6-/t11-,14-/m1/s1. The van der Waals surface area contributed by atoms with Crippen molar-refractivity contribution in [2.24, 2.45) is 11.1 Å². The first-order valence-corrected chi connectivity index (χ1v) is 7.04. The number of hydrogen-bond donors (Lipinski definition) is 2. The second kappa shape index (κ2) is 7.11. The molecule has 3 amide bonds. The third kappa shape index (κ3) is 3.70. The summed E-state index contributed by atoms with van der Waals surface area (Å²) in [5, 5.41) is 7.05. The van der Waals surface area contributed by atoms with Crippen molar-refractivity contribution in [1.82, 2.24) is 10.6 Å². The van der Waals surface area contributed by atoms with Crippen molar-refractivity contribution >= 4 is 24.1 Å². The van der Waals surface area contributed by atoms with Gasteiger partial charge in [-0.05, 0) is 18.1 Å². The number of halogens is 1. The first-order valence-electron chi connectivity index (χ1n) is 7.04. The van der Waals surface area contributed by atoms with Crippen LogP contribution in [0, 0.1) is 5.92 Å². The Morgan fingerprint density at radius 3 is 2.92 bits per heavy atom. The van der Waals surface area contributed by atoms with Crippen LogP contribution in [-0.4, -0.2) is 42.6 Å². The molecule has 0 radical (unpaired) electrons. The van der Waals surface area contributed by atoms with Crippen molar-refractivity contribution in [3.8, 4) is 0 Å². The minimum atomic E-state index is -3.27. The molecule has 2 N–H and O–H groups in total. The van der Waals surface area contributed by atoms with Crippen LogP contribution in [0.3, 0.4) is 0 Å². The smallest absolute Gasteiger partial charge is 0.360 e. The second-order valence-corrected chi connectivity index (χ2v) is 5.37. The molecule has 1 saturated heterocycles. The molecule has 0 unspecified atom stereocenters. The quantitative estimate of drug-likeness (QED) is 0.340. The summed E-state index contributed by atoms with van der Waals surface area (Å²) < 4.78 is 24.7. The summed E-state index contributed by atoms with van der Waals surface area (Å²) in [7, 11) is 0. The first-order chi connectivity index (χ1) is 11.3. The topological polar surface area (TPSA) is 119 Å². The Morgan fingerprint density at radius 2 is 2.29 bits per heavy atom. The monoisotopic (exact) mass is 341 g/mol. The lowest BCUT2D eigenvalue weighted by Crippen LogP contribution is -2.70. The zero-order chi connectivity index (χ0) is 17.7. The summed E-state index contributed by atoms with van der Waals surface area (Å²) in [4.78, 5) is 39.9. The van der Waals surface area contributed by atoms with Gasteiger partial charge < -0.3 is 14.0 Å². The van der Waals surface area contributed by atoms with Crippen molar-refractivity contribution < 1.29 is 32.8 Å². The highest BCUT2D eigenvalue weighted by molar-refractivity contribution is 6.14. The maximum atomic E-state index is 15.0. The van der Waals surface area contributed by atoms with E-state index >= 15 is 0 Å². The van der Waals surface area contributed by atoms with Crippen molar-refractivity contribution in [1.29, 1.82) is 0 Å². The molecule has 2 atom stereocenters. The van der Waals surface area contributed by atoms with Gasteiger partial charge in [-0.3, -0.25) is 15.4 Å². The Balaban J connectivity index is 2.15. The highest BCUT2D eigenvalue weighted by Gasteiger charge is 2.61. The molecule has 0 bridgehead atoms. The van der Waals surface area contributed by atoms with Crippen molar-refractivity contribution in [2.75, 3.05) is 6.61 Å². The number of imide groups is 1. The van der Waals surface area contributed by atoms with Gasteiger partial charge in [0.05, 0.1) is 12.9 Å². The first kappa shape index (κ1) is 17.4. The normalized spacial score (nSPS) is 23.9. The van der Waals surface area contributed by atoms with E-state index in [9.17, 15) is 18.8 Å². The molecule has 0 spiro atoms. The van der Waals surface area contributed by atoms with E-state index in [1.54, 1.807) is 31.3 Å². The highest BCUT2D eigenvalue weighted by Crippen LogP contribution is 2.24. The van der Waals surface area contributed by atoms with Gasteiger partial charge in [0.1, 0.15) is 12.0 Å². The Labute approximate surface area is 136 Å². The summed E-state index contributed by atoms with van der Waals surface area (Å²) in [6, 6.07) is 2.10. The predicted octanol–water partition coefficient (Wildman–Crippen LogP) is 0.703. The van der Waals surface area contributed by atoms with Crippen LogP contribution in [0.4, 0.5) is 9.18 Å². The average Bonchev–Trinajstić information content (AvgIpc) is 3.02. The van der Waals surface area contributed by atoms with Gasteiger partial charge in [0.15, 0.2) is 0 Å². The van der Waals surface area contributed by atoms with Crippen molar-refractivity contribution in [3.63, 3.8) is 0 Å². The average molecular weight is 341 g/mol. The van der Waals surface area contributed by atoms with E-state index in [2.05, 4.69) is 5.16 Å². The lowest BCUT2D eigenvalue weighted by molar-refractivity contribution is -0.180. The van der Waals surface area contributed by atoms with Crippen LogP contribution in [0.2, 0.25) is 0 Å². The number of nitrogens with one attached hydrogen (secondary N) is 2. The molecule has 0 aliphatic carbocycles. The SMILES string of the molecule is CC(C)COC(=O)[C@@]1(F)C(=O)NC(=O)N[C@@H]1O/N=C\c1ccco1. The van der Waals surface area contributed by atoms with Gasteiger partial charge in [0.25, 0.3) is 12.1 Å². The zero-order valence-corrected chi connectivity index (χ0v) is 12.9. The molecule has 2 heterocycles. The van der Waals surface area contributed by atoms with Gasteiger partial charge in [-0.1, -0.05) is 19.0 Å². The van der Waals surface area contributed by atoms with E-state index in [-0.39, 0.29) is 18.3 Å². The van der Waals surface area contributed by atoms with Gasteiger partial charge in [-0.15, -0.1) is 0 Å². The van der Waals surface area contributed by atoms with Gasteiger partial charge in [-0.25, -0.2) is 14.0 Å². The highest BCUT2D eigenvalue weighted by atomic mass is 19.1. The number of carbonyl (C=O) groups excluding carboxylic acids is 3. The number of amides is 3. The van der Waals surface area contributed by atoms with Crippen LogP contribution >= 0.6 is 0 Å². The van der Waals surface area contributed by atoms with Gasteiger partial charge in [-0.2, -0.15) is 0 Å². The molecule has 1 fully saturated rings. The minimum absolute atomic E-state index is 0.0739. The lowest BCUT2D eigenvalue weighted by atomic mass is 10.0. The zero-order valence-electron chi connectivity index (χ0n) is 12.9. The Kier molecular flexibility index (Phi) is 5.17. The minimum Gasteiger partial charge on any atom is -0.463 e. The van der Waals surface area contributed by atoms with Crippen LogP contribution in [-0.2, 0) is 19.2 Å². The maximum Gasteiger partial charge on any atom is 0.360 e. The number of furan rings is 1. The summed E-state index contributed by atoms with van der Waals surface area (Å²) in [6.07, 6.45) is 0.475. The third-order valence-corrected chi connectivity index (χ3v) is 2.92. The van der Waals surface area contributed by atoms with Gasteiger partial charge in [0.2, 0.25) is 0 Å². The number of rotatable bonds is 6. The second-order valence-electron chi connectivity index (χ2n) is 5.37. The molecule has 1 aliphatic rings. The fourth-order valence-electron chi connectivity index (χ4n) is 1.72.